The zero-order chi connectivity index (χ0) is 21.4. The SMILES string of the molecule is O=C1CC[C@@](CC2=CC(O)c3cc(F)ccc3C2)(C23CC2c2ccccc2O3)C(O)N1. The van der Waals surface area contributed by atoms with Gasteiger partial charge in [0.15, 0.2) is 0 Å². The molecule has 4 aliphatic rings. The second-order valence-corrected chi connectivity index (χ2v) is 9.38. The number of ether oxygens (including phenoxy) is 1. The highest BCUT2D eigenvalue weighted by Gasteiger charge is 2.75. The molecule has 0 spiro atoms. The van der Waals surface area contributed by atoms with Crippen LogP contribution in [0.3, 0.4) is 0 Å². The Kier molecular flexibility index (Phi) is 3.93. The van der Waals surface area contributed by atoms with Gasteiger partial charge in [0.1, 0.15) is 23.4 Å². The number of rotatable bonds is 3. The van der Waals surface area contributed by atoms with E-state index < -0.39 is 23.3 Å². The number of nitrogens with one attached hydrogen (secondary N) is 1. The van der Waals surface area contributed by atoms with Crippen LogP contribution in [0, 0.1) is 11.2 Å². The largest absolute Gasteiger partial charge is 0.486 e. The molecule has 31 heavy (non-hydrogen) atoms. The molecular weight excluding hydrogens is 397 g/mol. The van der Waals surface area contributed by atoms with Gasteiger partial charge in [0.2, 0.25) is 5.91 Å². The third-order valence-corrected chi connectivity index (χ3v) is 7.74. The van der Waals surface area contributed by atoms with E-state index in [1.807, 2.05) is 18.2 Å². The van der Waals surface area contributed by atoms with Crippen molar-refractivity contribution < 1.29 is 24.1 Å². The lowest BCUT2D eigenvalue weighted by atomic mass is 9.66. The molecule has 1 amide bonds. The van der Waals surface area contributed by atoms with Gasteiger partial charge in [-0.2, -0.15) is 0 Å². The van der Waals surface area contributed by atoms with E-state index in [4.69, 9.17) is 4.74 Å². The summed E-state index contributed by atoms with van der Waals surface area (Å²) in [7, 11) is 0. The summed E-state index contributed by atoms with van der Waals surface area (Å²) >= 11 is 0. The molecule has 3 N–H and O–H groups in total. The van der Waals surface area contributed by atoms with Crippen molar-refractivity contribution >= 4 is 5.91 Å². The molecule has 2 aromatic carbocycles. The normalized spacial score (nSPS) is 35.3. The van der Waals surface area contributed by atoms with Crippen molar-refractivity contribution in [3.8, 4) is 5.75 Å². The fraction of sp³-hybridized carbons (Fsp3) is 0.400. The molecule has 2 aliphatic carbocycles. The van der Waals surface area contributed by atoms with Gasteiger partial charge in [-0.15, -0.1) is 0 Å². The van der Waals surface area contributed by atoms with E-state index in [-0.39, 0.29) is 17.6 Å². The van der Waals surface area contributed by atoms with Crippen LogP contribution in [0.5, 0.6) is 5.75 Å². The van der Waals surface area contributed by atoms with Crippen LogP contribution in [0.4, 0.5) is 4.39 Å². The van der Waals surface area contributed by atoms with Gasteiger partial charge in [0.25, 0.3) is 0 Å². The maximum Gasteiger partial charge on any atom is 0.222 e. The smallest absolute Gasteiger partial charge is 0.222 e. The van der Waals surface area contributed by atoms with E-state index in [0.717, 1.165) is 28.9 Å². The van der Waals surface area contributed by atoms with Crippen molar-refractivity contribution in [2.24, 2.45) is 5.41 Å². The molecule has 2 aromatic rings. The Morgan fingerprint density at radius 1 is 1.16 bits per heavy atom. The van der Waals surface area contributed by atoms with Crippen LogP contribution < -0.4 is 10.1 Å². The number of amides is 1. The maximum absolute atomic E-state index is 13.7. The van der Waals surface area contributed by atoms with E-state index in [2.05, 4.69) is 11.4 Å². The number of benzene rings is 2. The van der Waals surface area contributed by atoms with Gasteiger partial charge in [-0.25, -0.2) is 4.39 Å². The van der Waals surface area contributed by atoms with Crippen LogP contribution in [0.25, 0.3) is 0 Å². The first-order valence-corrected chi connectivity index (χ1v) is 10.8. The molecule has 2 aliphatic heterocycles. The summed E-state index contributed by atoms with van der Waals surface area (Å²) in [5, 5.41) is 24.6. The van der Waals surface area contributed by atoms with E-state index in [0.29, 0.717) is 31.2 Å². The summed E-state index contributed by atoms with van der Waals surface area (Å²) in [4.78, 5) is 12.1. The zero-order valence-electron chi connectivity index (χ0n) is 17.0. The first-order valence-electron chi connectivity index (χ1n) is 10.8. The van der Waals surface area contributed by atoms with Crippen LogP contribution >= 0.6 is 0 Å². The summed E-state index contributed by atoms with van der Waals surface area (Å²) in [6, 6.07) is 12.5. The summed E-state index contributed by atoms with van der Waals surface area (Å²) in [6.07, 6.45) is 2.53. The van der Waals surface area contributed by atoms with Crippen LogP contribution in [0.1, 0.15) is 54.4 Å². The topological polar surface area (TPSA) is 78.8 Å². The molecule has 5 atom stereocenters. The lowest BCUT2D eigenvalue weighted by Crippen LogP contribution is -2.60. The minimum absolute atomic E-state index is 0.161. The quantitative estimate of drug-likeness (QED) is 0.665. The van der Waals surface area contributed by atoms with Crippen molar-refractivity contribution in [2.45, 2.75) is 56.0 Å². The first kappa shape index (κ1) is 19.0. The Balaban J connectivity index is 1.38. The molecule has 0 aromatic heterocycles. The van der Waals surface area contributed by atoms with Crippen molar-refractivity contribution in [3.05, 3.63) is 76.6 Å². The number of halogens is 1. The Bertz CT molecular complexity index is 1130. The van der Waals surface area contributed by atoms with Gasteiger partial charge in [-0.05, 0) is 55.0 Å². The number of hydrogen-bond donors (Lipinski definition) is 3. The number of carbonyl (C=O) groups excluding carboxylic acids is 1. The van der Waals surface area contributed by atoms with E-state index in [9.17, 15) is 19.4 Å². The number of allylic oxidation sites excluding steroid dienone is 1. The minimum atomic E-state index is -1.04. The van der Waals surface area contributed by atoms with Gasteiger partial charge >= 0.3 is 0 Å². The monoisotopic (exact) mass is 421 g/mol. The lowest BCUT2D eigenvalue weighted by Gasteiger charge is -2.47. The third-order valence-electron chi connectivity index (χ3n) is 7.74. The van der Waals surface area contributed by atoms with E-state index >= 15 is 0 Å². The summed E-state index contributed by atoms with van der Waals surface area (Å²) in [5.74, 6) is 0.503. The molecule has 2 fully saturated rings. The Labute approximate surface area is 179 Å². The highest BCUT2D eigenvalue weighted by Crippen LogP contribution is 2.72. The second kappa shape index (κ2) is 6.40. The van der Waals surface area contributed by atoms with Crippen molar-refractivity contribution in [2.75, 3.05) is 0 Å². The standard InChI is InChI=1S/C25H24FNO4/c26-16-6-5-15-9-14(10-20(28)18(15)11-16)12-24(8-7-22(29)27-23(24)30)25-13-19(25)17-3-1-2-4-21(17)31-25/h1-6,10-11,19-20,23,28,30H,7-9,12-13H2,(H,27,29)/t19?,20?,23?,24-,25?/m0/s1. The van der Waals surface area contributed by atoms with Gasteiger partial charge < -0.3 is 20.3 Å². The predicted octanol–water partition coefficient (Wildman–Crippen LogP) is 3.27. The number of carbonyl (C=O) groups is 1. The number of aliphatic hydroxyl groups is 2. The number of hydrogen-bond acceptors (Lipinski definition) is 4. The molecule has 5 nitrogen and oxygen atoms in total. The number of para-hydroxylation sites is 1. The zero-order valence-corrected chi connectivity index (χ0v) is 17.0. The molecular formula is C25H24FNO4. The predicted molar refractivity (Wildman–Crippen MR) is 111 cm³/mol. The number of aliphatic hydroxyl groups excluding tert-OH is 2. The highest BCUT2D eigenvalue weighted by atomic mass is 19.1. The summed E-state index contributed by atoms with van der Waals surface area (Å²) in [6.45, 7) is 0. The highest BCUT2D eigenvalue weighted by molar-refractivity contribution is 5.77. The molecule has 1 saturated heterocycles. The molecule has 0 bridgehead atoms. The molecule has 4 unspecified atom stereocenters. The molecule has 160 valence electrons. The van der Waals surface area contributed by atoms with Crippen LogP contribution in [-0.4, -0.2) is 27.9 Å². The van der Waals surface area contributed by atoms with Crippen molar-refractivity contribution in [3.63, 3.8) is 0 Å². The molecule has 2 heterocycles. The fourth-order valence-electron chi connectivity index (χ4n) is 6.19. The average Bonchev–Trinajstić information content (AvgIpc) is 3.38. The molecule has 6 rings (SSSR count). The van der Waals surface area contributed by atoms with Gasteiger partial charge in [0, 0.05) is 17.9 Å². The first-order chi connectivity index (χ1) is 14.9. The van der Waals surface area contributed by atoms with Gasteiger partial charge in [0.05, 0.1) is 11.5 Å². The summed E-state index contributed by atoms with van der Waals surface area (Å²) in [5.41, 5.74) is 2.33. The maximum atomic E-state index is 13.7. The van der Waals surface area contributed by atoms with Crippen molar-refractivity contribution in [1.29, 1.82) is 0 Å². The average molecular weight is 421 g/mol. The molecule has 6 heteroatoms. The Hall–Kier alpha value is -2.70. The second-order valence-electron chi connectivity index (χ2n) is 9.38. The minimum Gasteiger partial charge on any atom is -0.486 e. The third kappa shape index (κ3) is 2.64. The Morgan fingerprint density at radius 3 is 2.81 bits per heavy atom. The molecule has 1 saturated carbocycles. The van der Waals surface area contributed by atoms with Crippen LogP contribution in [0.15, 0.2) is 54.1 Å². The fourth-order valence-corrected chi connectivity index (χ4v) is 6.19. The number of fused-ring (bicyclic) bond motifs is 4. The van der Waals surface area contributed by atoms with Gasteiger partial charge in [-0.3, -0.25) is 4.79 Å². The number of piperidine rings is 1. The van der Waals surface area contributed by atoms with Gasteiger partial charge in [-0.1, -0.05) is 35.9 Å². The van der Waals surface area contributed by atoms with Crippen molar-refractivity contribution in [1.82, 2.24) is 5.32 Å². The molecule has 0 radical (unpaired) electrons. The van der Waals surface area contributed by atoms with E-state index in [1.54, 1.807) is 12.1 Å². The van der Waals surface area contributed by atoms with E-state index in [1.165, 1.54) is 12.1 Å². The Morgan fingerprint density at radius 2 is 2.00 bits per heavy atom. The summed E-state index contributed by atoms with van der Waals surface area (Å²) < 4.78 is 20.2. The lowest BCUT2D eigenvalue weighted by molar-refractivity contribution is -0.146. The van der Waals surface area contributed by atoms with Crippen LogP contribution in [0.2, 0.25) is 0 Å². The van der Waals surface area contributed by atoms with Crippen LogP contribution in [-0.2, 0) is 11.2 Å².